The summed E-state index contributed by atoms with van der Waals surface area (Å²) in [6.45, 7) is 16.2. The van der Waals surface area contributed by atoms with Gasteiger partial charge in [0.25, 0.3) is 0 Å². The van der Waals surface area contributed by atoms with E-state index in [2.05, 4.69) is 13.8 Å². The SMILES string of the molecule is CC(C)(C)OC(=O)COC1CCC(C(C)(C)C2CCC(OCC(=O)OC(C)(C)C)CC2)CC1. The third-order valence-electron chi connectivity index (χ3n) is 7.17. The Balaban J connectivity index is 1.70. The van der Waals surface area contributed by atoms with E-state index < -0.39 is 11.2 Å². The molecule has 0 bridgehead atoms. The molecule has 0 aromatic carbocycles. The second-order valence-corrected chi connectivity index (χ2v) is 12.6. The summed E-state index contributed by atoms with van der Waals surface area (Å²) in [5, 5.41) is 0. The number of hydrogen-bond donors (Lipinski definition) is 0. The summed E-state index contributed by atoms with van der Waals surface area (Å²) in [5.74, 6) is 0.775. The van der Waals surface area contributed by atoms with Crippen molar-refractivity contribution in [2.24, 2.45) is 17.3 Å². The number of carbonyl (C=O) groups is 2. The van der Waals surface area contributed by atoms with Crippen LogP contribution in [0.1, 0.15) is 107 Å². The molecule has 0 radical (unpaired) electrons. The zero-order chi connectivity index (χ0) is 24.9. The first kappa shape index (κ1) is 28.1. The number of rotatable bonds is 8. The molecule has 0 aromatic rings. The molecule has 0 heterocycles. The van der Waals surface area contributed by atoms with Crippen molar-refractivity contribution in [1.29, 1.82) is 0 Å². The molecule has 2 aliphatic rings. The number of hydrogen-bond acceptors (Lipinski definition) is 6. The molecule has 0 amide bonds. The van der Waals surface area contributed by atoms with Gasteiger partial charge in [0.1, 0.15) is 24.4 Å². The van der Waals surface area contributed by atoms with Crippen LogP contribution in [0.2, 0.25) is 0 Å². The third-order valence-corrected chi connectivity index (χ3v) is 7.17. The van der Waals surface area contributed by atoms with Crippen molar-refractivity contribution in [2.75, 3.05) is 13.2 Å². The minimum Gasteiger partial charge on any atom is -0.458 e. The van der Waals surface area contributed by atoms with Crippen LogP contribution in [0.25, 0.3) is 0 Å². The zero-order valence-corrected chi connectivity index (χ0v) is 22.3. The van der Waals surface area contributed by atoms with Gasteiger partial charge in [-0.2, -0.15) is 0 Å². The molecule has 2 aliphatic carbocycles. The maximum atomic E-state index is 11.9. The van der Waals surface area contributed by atoms with Gasteiger partial charge in [-0.25, -0.2) is 9.59 Å². The first-order chi connectivity index (χ1) is 15.2. The Hall–Kier alpha value is -1.14. The fourth-order valence-electron chi connectivity index (χ4n) is 5.39. The van der Waals surface area contributed by atoms with Gasteiger partial charge in [-0.3, -0.25) is 0 Å². The van der Waals surface area contributed by atoms with E-state index in [0.29, 0.717) is 11.8 Å². The third kappa shape index (κ3) is 9.94. The molecule has 0 unspecified atom stereocenters. The molecule has 0 aromatic heterocycles. The van der Waals surface area contributed by atoms with E-state index in [1.807, 2.05) is 41.5 Å². The van der Waals surface area contributed by atoms with E-state index in [9.17, 15) is 9.59 Å². The Morgan fingerprint density at radius 2 is 0.879 bits per heavy atom. The lowest BCUT2D eigenvalue weighted by atomic mass is 9.60. The predicted octanol–water partition coefficient (Wildman–Crippen LogP) is 5.85. The molecule has 2 rings (SSSR count). The van der Waals surface area contributed by atoms with Gasteiger partial charge in [0.2, 0.25) is 0 Å². The first-order valence-electron chi connectivity index (χ1n) is 12.8. The van der Waals surface area contributed by atoms with E-state index in [1.54, 1.807) is 0 Å². The molecule has 2 fully saturated rings. The molecule has 0 atom stereocenters. The second kappa shape index (κ2) is 11.5. The molecule has 33 heavy (non-hydrogen) atoms. The smallest absolute Gasteiger partial charge is 0.332 e. The number of esters is 2. The predicted molar refractivity (Wildman–Crippen MR) is 129 cm³/mol. The van der Waals surface area contributed by atoms with E-state index in [1.165, 1.54) is 0 Å². The van der Waals surface area contributed by atoms with E-state index in [4.69, 9.17) is 18.9 Å². The summed E-state index contributed by atoms with van der Waals surface area (Å²) in [6, 6.07) is 0. The molecule has 192 valence electrons. The van der Waals surface area contributed by atoms with Gasteiger partial charge in [0, 0.05) is 0 Å². The summed E-state index contributed by atoms with van der Waals surface area (Å²) in [6.07, 6.45) is 8.89. The lowest BCUT2D eigenvalue weighted by Gasteiger charge is -2.46. The van der Waals surface area contributed by atoms with Crippen LogP contribution in [0.5, 0.6) is 0 Å². The molecule has 6 nitrogen and oxygen atoms in total. The molecular weight excluding hydrogens is 420 g/mol. The van der Waals surface area contributed by atoms with Crippen molar-refractivity contribution in [3.8, 4) is 0 Å². The largest absolute Gasteiger partial charge is 0.458 e. The van der Waals surface area contributed by atoms with Gasteiger partial charge >= 0.3 is 11.9 Å². The van der Waals surface area contributed by atoms with Crippen LogP contribution in [0.3, 0.4) is 0 Å². The second-order valence-electron chi connectivity index (χ2n) is 12.6. The Bertz CT molecular complexity index is 572. The molecule has 0 saturated heterocycles. The van der Waals surface area contributed by atoms with Crippen molar-refractivity contribution < 1.29 is 28.5 Å². The topological polar surface area (TPSA) is 71.1 Å². The van der Waals surface area contributed by atoms with Crippen LogP contribution in [-0.2, 0) is 28.5 Å². The Labute approximate surface area is 201 Å². The van der Waals surface area contributed by atoms with E-state index in [-0.39, 0.29) is 42.8 Å². The maximum absolute atomic E-state index is 11.9. The molecule has 2 saturated carbocycles. The van der Waals surface area contributed by atoms with Crippen molar-refractivity contribution in [3.05, 3.63) is 0 Å². The average Bonchev–Trinajstić information content (AvgIpc) is 2.69. The lowest BCUT2D eigenvalue weighted by molar-refractivity contribution is -0.163. The fraction of sp³-hybridized carbons (Fsp3) is 0.926. The van der Waals surface area contributed by atoms with Crippen molar-refractivity contribution in [1.82, 2.24) is 0 Å². The Morgan fingerprint density at radius 1 is 0.576 bits per heavy atom. The van der Waals surface area contributed by atoms with E-state index >= 15 is 0 Å². The summed E-state index contributed by atoms with van der Waals surface area (Å²) in [4.78, 5) is 23.8. The van der Waals surface area contributed by atoms with Crippen molar-refractivity contribution >= 4 is 11.9 Å². The van der Waals surface area contributed by atoms with E-state index in [0.717, 1.165) is 51.4 Å². The highest BCUT2D eigenvalue weighted by Crippen LogP contribution is 2.48. The monoisotopic (exact) mass is 468 g/mol. The zero-order valence-electron chi connectivity index (χ0n) is 22.3. The van der Waals surface area contributed by atoms with Gasteiger partial charge in [-0.15, -0.1) is 0 Å². The Kier molecular flexibility index (Phi) is 9.81. The van der Waals surface area contributed by atoms with Gasteiger partial charge < -0.3 is 18.9 Å². The summed E-state index contributed by atoms with van der Waals surface area (Å²) in [7, 11) is 0. The minimum absolute atomic E-state index is 0.0449. The normalized spacial score (nSPS) is 27.2. The number of carbonyl (C=O) groups excluding carboxylic acids is 2. The van der Waals surface area contributed by atoms with Gasteiger partial charge in [0.05, 0.1) is 12.2 Å². The summed E-state index contributed by atoms with van der Waals surface area (Å²) in [5.41, 5.74) is -0.671. The minimum atomic E-state index is -0.470. The summed E-state index contributed by atoms with van der Waals surface area (Å²) >= 11 is 0. The van der Waals surface area contributed by atoms with Crippen LogP contribution in [0.4, 0.5) is 0 Å². The molecule has 0 N–H and O–H groups in total. The van der Waals surface area contributed by atoms with Crippen molar-refractivity contribution in [2.45, 2.75) is 130 Å². The van der Waals surface area contributed by atoms with Crippen LogP contribution in [0.15, 0.2) is 0 Å². The molecule has 6 heteroatoms. The fourth-order valence-corrected chi connectivity index (χ4v) is 5.39. The maximum Gasteiger partial charge on any atom is 0.332 e. The molecular formula is C27H48O6. The standard InChI is InChI=1S/C27H48O6/c1-25(2,3)32-23(28)17-30-21-13-9-19(10-14-21)27(7,8)20-11-15-22(16-12-20)31-18-24(29)33-26(4,5)6/h19-22H,9-18H2,1-8H3. The highest BCUT2D eigenvalue weighted by atomic mass is 16.6. The number of ether oxygens (including phenoxy) is 4. The van der Waals surface area contributed by atoms with Crippen LogP contribution >= 0.6 is 0 Å². The van der Waals surface area contributed by atoms with Crippen LogP contribution < -0.4 is 0 Å². The summed E-state index contributed by atoms with van der Waals surface area (Å²) < 4.78 is 22.4. The van der Waals surface area contributed by atoms with Gasteiger partial charge in [-0.05, 0) is 110 Å². The van der Waals surface area contributed by atoms with Gasteiger partial charge in [-0.1, -0.05) is 13.8 Å². The van der Waals surface area contributed by atoms with Crippen molar-refractivity contribution in [3.63, 3.8) is 0 Å². The van der Waals surface area contributed by atoms with Crippen LogP contribution in [0, 0.1) is 17.3 Å². The van der Waals surface area contributed by atoms with Crippen LogP contribution in [-0.4, -0.2) is 48.6 Å². The quantitative estimate of drug-likeness (QED) is 0.416. The first-order valence-corrected chi connectivity index (χ1v) is 12.8. The Morgan fingerprint density at radius 3 is 1.15 bits per heavy atom. The van der Waals surface area contributed by atoms with Gasteiger partial charge in [0.15, 0.2) is 0 Å². The molecule has 0 spiro atoms. The average molecular weight is 469 g/mol. The lowest BCUT2D eigenvalue weighted by Crippen LogP contribution is -2.39. The highest BCUT2D eigenvalue weighted by molar-refractivity contribution is 5.71. The highest BCUT2D eigenvalue weighted by Gasteiger charge is 2.41. The molecule has 0 aliphatic heterocycles.